The van der Waals surface area contributed by atoms with E-state index in [2.05, 4.69) is 18.1 Å². The van der Waals surface area contributed by atoms with E-state index in [0.29, 0.717) is 12.3 Å². The van der Waals surface area contributed by atoms with Gasteiger partial charge in [0.2, 0.25) is 0 Å². The maximum atomic E-state index is 8.60. The van der Waals surface area contributed by atoms with Crippen LogP contribution in [0.2, 0.25) is 0 Å². The first-order valence-corrected chi connectivity index (χ1v) is 5.86. The first-order chi connectivity index (χ1) is 7.86. The van der Waals surface area contributed by atoms with E-state index >= 15 is 0 Å². The number of rotatable bonds is 3. The van der Waals surface area contributed by atoms with Gasteiger partial charge in [0.15, 0.2) is 0 Å². The van der Waals surface area contributed by atoms with Gasteiger partial charge < -0.3 is 4.57 Å². The number of nitriles is 1. The molecule has 0 aliphatic heterocycles. The van der Waals surface area contributed by atoms with Gasteiger partial charge in [-0.2, -0.15) is 5.26 Å². The van der Waals surface area contributed by atoms with Gasteiger partial charge in [0.25, 0.3) is 0 Å². The summed E-state index contributed by atoms with van der Waals surface area (Å²) in [6.45, 7) is 0.563. The Hall–Kier alpha value is -1.84. The predicted molar refractivity (Wildman–Crippen MR) is 67.1 cm³/mol. The summed E-state index contributed by atoms with van der Waals surface area (Å²) in [5.74, 6) is 3.10. The molecule has 0 amide bonds. The Morgan fingerprint density at radius 1 is 1.38 bits per heavy atom. The van der Waals surface area contributed by atoms with Gasteiger partial charge in [0.1, 0.15) is 0 Å². The smallest absolute Gasteiger partial charge is 0.0856 e. The third-order valence-electron chi connectivity index (χ3n) is 2.31. The second-order valence-corrected chi connectivity index (χ2v) is 4.31. The first-order valence-electron chi connectivity index (χ1n) is 4.88. The average Bonchev–Trinajstić information content (AvgIpc) is 2.66. The summed E-state index contributed by atoms with van der Waals surface area (Å²) in [5.41, 5.74) is 1.13. The van der Waals surface area contributed by atoms with Crippen molar-refractivity contribution in [1.29, 1.82) is 5.26 Å². The van der Waals surface area contributed by atoms with Crippen molar-refractivity contribution < 1.29 is 0 Å². The van der Waals surface area contributed by atoms with Gasteiger partial charge in [0, 0.05) is 16.5 Å². The highest BCUT2D eigenvalue weighted by Crippen LogP contribution is 2.29. The number of benzene rings is 1. The van der Waals surface area contributed by atoms with Crippen molar-refractivity contribution in [3.05, 3.63) is 30.5 Å². The Morgan fingerprint density at radius 3 is 2.94 bits per heavy atom. The molecule has 16 heavy (non-hydrogen) atoms. The van der Waals surface area contributed by atoms with Crippen LogP contribution in [0.3, 0.4) is 0 Å². The molecular weight excluding hydrogens is 216 g/mol. The van der Waals surface area contributed by atoms with Crippen LogP contribution in [0.4, 0.5) is 0 Å². The number of aromatic nitrogens is 1. The van der Waals surface area contributed by atoms with E-state index in [1.165, 1.54) is 0 Å². The second-order valence-electron chi connectivity index (χ2n) is 3.29. The van der Waals surface area contributed by atoms with E-state index in [-0.39, 0.29) is 0 Å². The van der Waals surface area contributed by atoms with Crippen molar-refractivity contribution in [3.8, 4) is 18.4 Å². The zero-order valence-corrected chi connectivity index (χ0v) is 9.50. The molecule has 1 aromatic heterocycles. The molecule has 0 aliphatic rings. The molecule has 2 rings (SSSR count). The topological polar surface area (TPSA) is 28.7 Å². The van der Waals surface area contributed by atoms with Gasteiger partial charge >= 0.3 is 0 Å². The molecule has 2 nitrogen and oxygen atoms in total. The molecule has 0 radical (unpaired) electrons. The lowest BCUT2D eigenvalue weighted by Gasteiger charge is -1.97. The molecule has 0 fully saturated rings. The van der Waals surface area contributed by atoms with Crippen LogP contribution in [0.25, 0.3) is 10.9 Å². The fourth-order valence-electron chi connectivity index (χ4n) is 1.67. The Labute approximate surface area is 98.9 Å². The molecule has 0 unspecified atom stereocenters. The normalized spacial score (nSPS) is 9.88. The van der Waals surface area contributed by atoms with E-state index in [0.717, 1.165) is 15.8 Å². The summed E-state index contributed by atoms with van der Waals surface area (Å²) in [6, 6.07) is 10.2. The molecule has 0 saturated heterocycles. The van der Waals surface area contributed by atoms with Gasteiger partial charge in [-0.1, -0.05) is 24.1 Å². The molecule has 0 N–H and O–H groups in total. The Morgan fingerprint density at radius 2 is 2.19 bits per heavy atom. The van der Waals surface area contributed by atoms with Crippen LogP contribution in [-0.4, -0.2) is 10.3 Å². The lowest BCUT2D eigenvalue weighted by atomic mass is 10.2. The van der Waals surface area contributed by atoms with Gasteiger partial charge in [-0.15, -0.1) is 18.2 Å². The van der Waals surface area contributed by atoms with Crippen LogP contribution in [0.5, 0.6) is 0 Å². The standard InChI is InChI=1S/C13H10N2S/c1-2-8-15-10-13(16-9-7-14)11-5-3-4-6-12(11)15/h1,3-6,10H,8-9H2. The Balaban J connectivity index is 2.50. The van der Waals surface area contributed by atoms with Crippen LogP contribution in [0.1, 0.15) is 0 Å². The van der Waals surface area contributed by atoms with Crippen molar-refractivity contribution >= 4 is 22.7 Å². The largest absolute Gasteiger partial charge is 0.335 e. The molecule has 78 valence electrons. The summed E-state index contributed by atoms with van der Waals surface area (Å²) in [4.78, 5) is 1.12. The zero-order chi connectivity index (χ0) is 11.4. The van der Waals surface area contributed by atoms with Crippen molar-refractivity contribution in [2.24, 2.45) is 0 Å². The fourth-order valence-corrected chi connectivity index (χ4v) is 2.42. The minimum atomic E-state index is 0.462. The van der Waals surface area contributed by atoms with E-state index in [4.69, 9.17) is 11.7 Å². The number of nitrogens with zero attached hydrogens (tertiary/aromatic N) is 2. The Kier molecular flexibility index (Phi) is 3.19. The molecule has 1 heterocycles. The monoisotopic (exact) mass is 226 g/mol. The second kappa shape index (κ2) is 4.79. The third kappa shape index (κ3) is 1.91. The maximum Gasteiger partial charge on any atom is 0.0856 e. The molecule has 0 aliphatic carbocycles. The molecular formula is C13H10N2S. The maximum absolute atomic E-state index is 8.60. The SMILES string of the molecule is C#CCn1cc(SCC#N)c2ccccc21. The van der Waals surface area contributed by atoms with Crippen LogP contribution in [-0.2, 0) is 6.54 Å². The van der Waals surface area contributed by atoms with E-state index < -0.39 is 0 Å². The van der Waals surface area contributed by atoms with Crippen molar-refractivity contribution in [1.82, 2.24) is 4.57 Å². The number of thioether (sulfide) groups is 1. The van der Waals surface area contributed by atoms with E-state index in [1.807, 2.05) is 29.0 Å². The summed E-state index contributed by atoms with van der Waals surface area (Å²) >= 11 is 1.55. The van der Waals surface area contributed by atoms with Crippen molar-refractivity contribution in [2.45, 2.75) is 11.4 Å². The summed E-state index contributed by atoms with van der Waals surface area (Å²) in [7, 11) is 0. The number of hydrogen-bond donors (Lipinski definition) is 0. The van der Waals surface area contributed by atoms with E-state index in [9.17, 15) is 0 Å². The van der Waals surface area contributed by atoms with Gasteiger partial charge in [-0.25, -0.2) is 0 Å². The first kappa shape index (κ1) is 10.7. The van der Waals surface area contributed by atoms with Gasteiger partial charge in [-0.3, -0.25) is 0 Å². The molecule has 0 spiro atoms. The van der Waals surface area contributed by atoms with Gasteiger partial charge in [-0.05, 0) is 6.07 Å². The minimum Gasteiger partial charge on any atom is -0.335 e. The quantitative estimate of drug-likeness (QED) is 0.594. The van der Waals surface area contributed by atoms with Crippen molar-refractivity contribution in [2.75, 3.05) is 5.75 Å². The highest BCUT2D eigenvalue weighted by atomic mass is 32.2. The zero-order valence-electron chi connectivity index (χ0n) is 8.68. The van der Waals surface area contributed by atoms with Crippen LogP contribution >= 0.6 is 11.8 Å². The molecule has 0 atom stereocenters. The average molecular weight is 226 g/mol. The number of para-hydroxylation sites is 1. The van der Waals surface area contributed by atoms with Crippen LogP contribution in [0, 0.1) is 23.7 Å². The minimum absolute atomic E-state index is 0.462. The summed E-state index contributed by atoms with van der Waals surface area (Å²) in [5, 5.41) is 9.76. The Bertz CT molecular complexity index is 584. The third-order valence-corrected chi connectivity index (χ3v) is 3.22. The number of hydrogen-bond acceptors (Lipinski definition) is 2. The van der Waals surface area contributed by atoms with E-state index in [1.54, 1.807) is 11.8 Å². The van der Waals surface area contributed by atoms with Crippen LogP contribution in [0.15, 0.2) is 35.4 Å². The number of terminal acetylenes is 1. The summed E-state index contributed by atoms with van der Waals surface area (Å²) in [6.07, 6.45) is 7.35. The highest BCUT2D eigenvalue weighted by Gasteiger charge is 2.07. The summed E-state index contributed by atoms with van der Waals surface area (Å²) < 4.78 is 2.04. The highest BCUT2D eigenvalue weighted by molar-refractivity contribution is 7.99. The lowest BCUT2D eigenvalue weighted by molar-refractivity contribution is 0.878. The van der Waals surface area contributed by atoms with Gasteiger partial charge in [0.05, 0.1) is 23.9 Å². The fraction of sp³-hybridized carbons (Fsp3) is 0.154. The molecule has 1 aromatic carbocycles. The molecule has 0 bridgehead atoms. The number of fused-ring (bicyclic) bond motifs is 1. The molecule has 0 saturated carbocycles. The molecule has 2 aromatic rings. The molecule has 3 heteroatoms. The predicted octanol–water partition coefficient (Wildman–Crippen LogP) is 2.89. The lowest BCUT2D eigenvalue weighted by Crippen LogP contribution is -1.91. The van der Waals surface area contributed by atoms with Crippen LogP contribution < -0.4 is 0 Å². The van der Waals surface area contributed by atoms with Crippen molar-refractivity contribution in [3.63, 3.8) is 0 Å².